The molecule has 4 rings (SSSR count). The van der Waals surface area contributed by atoms with Gasteiger partial charge in [0.25, 0.3) is 0 Å². The number of benzene rings is 2. The van der Waals surface area contributed by atoms with Crippen LogP contribution in [0.4, 0.5) is 5.82 Å². The standard InChI is InChI=1S/C20H20Cl2N4/c1-2-25-9-11-26(12-10-25)20-16-5-3-4-6-18(16)23-19(24-20)15-8-7-14(21)13-17(15)22/h3-8,13H,2,9-12H2,1H3/p+1. The molecule has 0 bridgehead atoms. The number of nitrogens with zero attached hydrogens (tertiary/aromatic N) is 3. The van der Waals surface area contributed by atoms with Gasteiger partial charge in [0.15, 0.2) is 5.82 Å². The zero-order valence-corrected chi connectivity index (χ0v) is 16.2. The van der Waals surface area contributed by atoms with Gasteiger partial charge in [-0.25, -0.2) is 9.97 Å². The molecule has 0 radical (unpaired) electrons. The summed E-state index contributed by atoms with van der Waals surface area (Å²) in [6.45, 7) is 7.67. The topological polar surface area (TPSA) is 33.5 Å². The third-order valence-electron chi connectivity index (χ3n) is 5.03. The average Bonchev–Trinajstić information content (AvgIpc) is 2.67. The SMILES string of the molecule is CC[NH+]1CCN(c2nc(-c3ccc(Cl)cc3Cl)nc3ccccc23)CC1. The lowest BCUT2D eigenvalue weighted by Crippen LogP contribution is -3.14. The summed E-state index contributed by atoms with van der Waals surface area (Å²) in [5, 5.41) is 2.26. The van der Waals surface area contributed by atoms with Gasteiger partial charge in [-0.05, 0) is 37.3 Å². The van der Waals surface area contributed by atoms with E-state index in [9.17, 15) is 0 Å². The van der Waals surface area contributed by atoms with Gasteiger partial charge < -0.3 is 9.80 Å². The molecule has 0 saturated carbocycles. The Bertz CT molecular complexity index is 936. The minimum absolute atomic E-state index is 0.568. The maximum absolute atomic E-state index is 6.41. The molecular formula is C20H21Cl2N4+. The molecule has 1 aliphatic rings. The van der Waals surface area contributed by atoms with Crippen LogP contribution in [-0.4, -0.2) is 42.7 Å². The molecule has 0 amide bonds. The highest BCUT2D eigenvalue weighted by Crippen LogP contribution is 2.32. The number of hydrogen-bond acceptors (Lipinski definition) is 3. The van der Waals surface area contributed by atoms with E-state index < -0.39 is 0 Å². The van der Waals surface area contributed by atoms with Crippen LogP contribution < -0.4 is 9.80 Å². The van der Waals surface area contributed by atoms with Crippen molar-refractivity contribution in [3.8, 4) is 11.4 Å². The lowest BCUT2D eigenvalue weighted by molar-refractivity contribution is -0.898. The van der Waals surface area contributed by atoms with Gasteiger partial charge in [0.1, 0.15) is 5.82 Å². The van der Waals surface area contributed by atoms with Crippen molar-refractivity contribution < 1.29 is 4.90 Å². The largest absolute Gasteiger partial charge is 0.345 e. The second-order valence-electron chi connectivity index (χ2n) is 6.60. The van der Waals surface area contributed by atoms with E-state index in [1.54, 1.807) is 11.0 Å². The van der Waals surface area contributed by atoms with Crippen LogP contribution in [0.2, 0.25) is 10.0 Å². The van der Waals surface area contributed by atoms with E-state index in [1.807, 2.05) is 30.3 Å². The second kappa shape index (κ2) is 7.39. The predicted octanol–water partition coefficient (Wildman–Crippen LogP) is 3.33. The number of rotatable bonds is 3. The molecule has 26 heavy (non-hydrogen) atoms. The number of quaternary nitrogens is 1. The minimum atomic E-state index is 0.568. The van der Waals surface area contributed by atoms with E-state index in [-0.39, 0.29) is 0 Å². The summed E-state index contributed by atoms with van der Waals surface area (Å²) >= 11 is 12.5. The molecule has 134 valence electrons. The monoisotopic (exact) mass is 387 g/mol. The molecular weight excluding hydrogens is 367 g/mol. The van der Waals surface area contributed by atoms with Crippen LogP contribution in [0.15, 0.2) is 42.5 Å². The number of nitrogens with one attached hydrogen (secondary N) is 1. The summed E-state index contributed by atoms with van der Waals surface area (Å²) in [7, 11) is 0. The van der Waals surface area contributed by atoms with Gasteiger partial charge in [0.05, 0.1) is 43.3 Å². The van der Waals surface area contributed by atoms with E-state index in [0.29, 0.717) is 15.9 Å². The maximum atomic E-state index is 6.41. The third-order valence-corrected chi connectivity index (χ3v) is 5.57. The highest BCUT2D eigenvalue weighted by Gasteiger charge is 2.22. The van der Waals surface area contributed by atoms with E-state index in [2.05, 4.69) is 17.9 Å². The summed E-state index contributed by atoms with van der Waals surface area (Å²) in [5.74, 6) is 1.64. The summed E-state index contributed by atoms with van der Waals surface area (Å²) in [6, 6.07) is 13.6. The molecule has 6 heteroatoms. The smallest absolute Gasteiger partial charge is 0.163 e. The average molecular weight is 388 g/mol. The molecule has 4 nitrogen and oxygen atoms in total. The number of anilines is 1. The molecule has 3 aromatic rings. The first kappa shape index (κ1) is 17.5. The van der Waals surface area contributed by atoms with Gasteiger partial charge in [-0.3, -0.25) is 0 Å². The molecule has 1 aromatic heterocycles. The maximum Gasteiger partial charge on any atom is 0.163 e. The zero-order valence-electron chi connectivity index (χ0n) is 14.7. The van der Waals surface area contributed by atoms with Crippen LogP contribution in [0, 0.1) is 0 Å². The van der Waals surface area contributed by atoms with E-state index in [1.165, 1.54) is 6.54 Å². The predicted molar refractivity (Wildman–Crippen MR) is 108 cm³/mol. The molecule has 0 atom stereocenters. The Labute approximate surface area is 163 Å². The summed E-state index contributed by atoms with van der Waals surface area (Å²) < 4.78 is 0. The van der Waals surface area contributed by atoms with Crippen molar-refractivity contribution in [1.29, 1.82) is 0 Å². The lowest BCUT2D eigenvalue weighted by atomic mass is 10.1. The van der Waals surface area contributed by atoms with Gasteiger partial charge in [0.2, 0.25) is 0 Å². The van der Waals surface area contributed by atoms with E-state index >= 15 is 0 Å². The van der Waals surface area contributed by atoms with Crippen molar-refractivity contribution in [2.45, 2.75) is 6.92 Å². The van der Waals surface area contributed by atoms with Gasteiger partial charge >= 0.3 is 0 Å². The van der Waals surface area contributed by atoms with Crippen molar-refractivity contribution in [3.63, 3.8) is 0 Å². The third kappa shape index (κ3) is 3.37. The Hall–Kier alpha value is -1.88. The Morgan fingerprint density at radius 3 is 2.54 bits per heavy atom. The molecule has 1 saturated heterocycles. The van der Waals surface area contributed by atoms with Crippen LogP contribution in [0.1, 0.15) is 6.92 Å². The molecule has 0 unspecified atom stereocenters. The summed E-state index contributed by atoms with van der Waals surface area (Å²) in [5.41, 5.74) is 1.74. The molecule has 2 heterocycles. The number of hydrogen-bond donors (Lipinski definition) is 1. The quantitative estimate of drug-likeness (QED) is 0.748. The normalized spacial score (nSPS) is 15.6. The summed E-state index contributed by atoms with van der Waals surface area (Å²) in [4.78, 5) is 13.7. The fourth-order valence-electron chi connectivity index (χ4n) is 3.48. The van der Waals surface area contributed by atoms with Crippen molar-refractivity contribution in [3.05, 3.63) is 52.5 Å². The molecule has 0 aliphatic carbocycles. The van der Waals surface area contributed by atoms with Crippen LogP contribution >= 0.6 is 23.2 Å². The highest BCUT2D eigenvalue weighted by molar-refractivity contribution is 6.36. The fourth-order valence-corrected chi connectivity index (χ4v) is 3.97. The Morgan fingerprint density at radius 2 is 1.81 bits per heavy atom. The Morgan fingerprint density at radius 1 is 1.04 bits per heavy atom. The van der Waals surface area contributed by atoms with Crippen molar-refractivity contribution in [2.24, 2.45) is 0 Å². The second-order valence-corrected chi connectivity index (χ2v) is 7.45. The number of para-hydroxylation sites is 1. The molecule has 2 aromatic carbocycles. The van der Waals surface area contributed by atoms with Crippen LogP contribution in [0.25, 0.3) is 22.3 Å². The zero-order chi connectivity index (χ0) is 18.1. The van der Waals surface area contributed by atoms with Gasteiger partial charge in [0, 0.05) is 16.0 Å². The molecule has 1 fully saturated rings. The van der Waals surface area contributed by atoms with E-state index in [0.717, 1.165) is 48.5 Å². The number of halogens is 2. The minimum Gasteiger partial charge on any atom is -0.345 e. The fraction of sp³-hybridized carbons (Fsp3) is 0.300. The van der Waals surface area contributed by atoms with Crippen molar-refractivity contribution in [1.82, 2.24) is 9.97 Å². The molecule has 0 spiro atoms. The van der Waals surface area contributed by atoms with Crippen LogP contribution in [-0.2, 0) is 0 Å². The van der Waals surface area contributed by atoms with Crippen LogP contribution in [0.3, 0.4) is 0 Å². The Balaban J connectivity index is 1.81. The summed E-state index contributed by atoms with van der Waals surface area (Å²) in [6.07, 6.45) is 0. The van der Waals surface area contributed by atoms with Gasteiger partial charge in [-0.2, -0.15) is 0 Å². The highest BCUT2D eigenvalue weighted by atomic mass is 35.5. The first-order valence-electron chi connectivity index (χ1n) is 8.96. The van der Waals surface area contributed by atoms with Gasteiger partial charge in [-0.1, -0.05) is 35.3 Å². The molecule has 1 aliphatic heterocycles. The van der Waals surface area contributed by atoms with Crippen molar-refractivity contribution >= 4 is 39.9 Å². The number of piperazine rings is 1. The van der Waals surface area contributed by atoms with Gasteiger partial charge in [-0.15, -0.1) is 0 Å². The Kier molecular flexibility index (Phi) is 4.98. The molecule has 1 N–H and O–H groups in total. The number of aromatic nitrogens is 2. The number of likely N-dealkylation sites (N-methyl/N-ethyl adjacent to an activating group) is 1. The number of fused-ring (bicyclic) bond motifs is 1. The first-order valence-corrected chi connectivity index (χ1v) is 9.72. The van der Waals surface area contributed by atoms with Crippen molar-refractivity contribution in [2.75, 3.05) is 37.6 Å². The van der Waals surface area contributed by atoms with Crippen LogP contribution in [0.5, 0.6) is 0 Å². The lowest BCUT2D eigenvalue weighted by Gasteiger charge is -2.33. The van der Waals surface area contributed by atoms with E-state index in [4.69, 9.17) is 33.2 Å². The first-order chi connectivity index (χ1) is 12.7.